The number of anilines is 2. The number of morpholine rings is 1. The van der Waals surface area contributed by atoms with Crippen molar-refractivity contribution in [2.45, 2.75) is 0 Å². The molecule has 1 aromatic heterocycles. The number of ether oxygens (including phenoxy) is 4. The minimum atomic E-state index is 0.224. The van der Waals surface area contributed by atoms with Gasteiger partial charge in [0.25, 0.3) is 5.95 Å². The first kappa shape index (κ1) is 16.3. The van der Waals surface area contributed by atoms with Crippen LogP contribution < -0.4 is 24.5 Å². The number of hydrogen-bond donors (Lipinski definition) is 1. The molecule has 0 aliphatic carbocycles. The number of methoxy groups -OCH3 is 1. The van der Waals surface area contributed by atoms with E-state index < -0.39 is 0 Å². The van der Waals surface area contributed by atoms with Crippen molar-refractivity contribution in [2.24, 2.45) is 5.10 Å². The Morgan fingerprint density at radius 3 is 2.85 bits per heavy atom. The van der Waals surface area contributed by atoms with Gasteiger partial charge in [-0.2, -0.15) is 20.1 Å². The molecule has 2 aliphatic heterocycles. The standard InChI is InChI=1S/C16H18N6O4/c1-23-16-19-14(18-15(20-16)22-4-6-24-7-5-22)21-17-9-11-2-3-12-13(8-11)26-10-25-12/h2-3,8-9H,4-7,10H2,1H3,(H,18,19,20,21). The zero-order valence-electron chi connectivity index (χ0n) is 14.2. The Hall–Kier alpha value is -3.14. The van der Waals surface area contributed by atoms with Crippen LogP contribution in [0, 0.1) is 0 Å². The second-order valence-electron chi connectivity index (χ2n) is 5.53. The van der Waals surface area contributed by atoms with Gasteiger partial charge in [-0.05, 0) is 23.8 Å². The van der Waals surface area contributed by atoms with Crippen LogP contribution in [-0.2, 0) is 4.74 Å². The summed E-state index contributed by atoms with van der Waals surface area (Å²) in [6.07, 6.45) is 1.65. The van der Waals surface area contributed by atoms with Crippen LogP contribution in [0.4, 0.5) is 11.9 Å². The number of aromatic nitrogens is 3. The summed E-state index contributed by atoms with van der Waals surface area (Å²) in [7, 11) is 1.51. The molecular formula is C16H18N6O4. The third-order valence-corrected chi connectivity index (χ3v) is 3.85. The lowest BCUT2D eigenvalue weighted by atomic mass is 10.2. The molecule has 10 heteroatoms. The van der Waals surface area contributed by atoms with Crippen molar-refractivity contribution in [3.63, 3.8) is 0 Å². The minimum Gasteiger partial charge on any atom is -0.467 e. The third-order valence-electron chi connectivity index (χ3n) is 3.85. The molecule has 3 heterocycles. The van der Waals surface area contributed by atoms with Crippen LogP contribution in [0.1, 0.15) is 5.56 Å². The third kappa shape index (κ3) is 3.59. The molecule has 136 valence electrons. The predicted molar refractivity (Wildman–Crippen MR) is 93.2 cm³/mol. The zero-order valence-corrected chi connectivity index (χ0v) is 14.2. The Labute approximate surface area is 149 Å². The van der Waals surface area contributed by atoms with Crippen molar-refractivity contribution in [3.8, 4) is 17.5 Å². The molecule has 1 N–H and O–H groups in total. The lowest BCUT2D eigenvalue weighted by Crippen LogP contribution is -2.37. The number of rotatable bonds is 5. The van der Waals surface area contributed by atoms with Crippen LogP contribution in [0.5, 0.6) is 17.5 Å². The summed E-state index contributed by atoms with van der Waals surface area (Å²) < 4.78 is 21.1. The number of nitrogens with one attached hydrogen (secondary N) is 1. The summed E-state index contributed by atoms with van der Waals surface area (Å²) in [4.78, 5) is 14.9. The highest BCUT2D eigenvalue weighted by Crippen LogP contribution is 2.32. The fraction of sp³-hybridized carbons (Fsp3) is 0.375. The van der Waals surface area contributed by atoms with Gasteiger partial charge in [0.2, 0.25) is 12.7 Å². The number of hydrazone groups is 1. The maximum atomic E-state index is 5.35. The molecule has 1 fully saturated rings. The van der Waals surface area contributed by atoms with E-state index in [4.69, 9.17) is 18.9 Å². The quantitative estimate of drug-likeness (QED) is 0.616. The van der Waals surface area contributed by atoms with E-state index in [1.165, 1.54) is 7.11 Å². The number of hydrogen-bond acceptors (Lipinski definition) is 10. The summed E-state index contributed by atoms with van der Waals surface area (Å²) in [5.74, 6) is 2.26. The normalized spacial score (nSPS) is 16.1. The Morgan fingerprint density at radius 1 is 1.15 bits per heavy atom. The second-order valence-corrected chi connectivity index (χ2v) is 5.53. The molecule has 1 aromatic carbocycles. The van der Waals surface area contributed by atoms with E-state index in [0.717, 1.165) is 11.3 Å². The van der Waals surface area contributed by atoms with Crippen LogP contribution in [0.3, 0.4) is 0 Å². The second kappa shape index (κ2) is 7.40. The van der Waals surface area contributed by atoms with Gasteiger partial charge >= 0.3 is 6.01 Å². The Balaban J connectivity index is 1.48. The number of fused-ring (bicyclic) bond motifs is 1. The van der Waals surface area contributed by atoms with Crippen molar-refractivity contribution >= 4 is 18.1 Å². The molecule has 0 radical (unpaired) electrons. The van der Waals surface area contributed by atoms with Gasteiger partial charge in [-0.25, -0.2) is 5.43 Å². The van der Waals surface area contributed by atoms with Gasteiger partial charge in [0.15, 0.2) is 11.5 Å². The van der Waals surface area contributed by atoms with E-state index >= 15 is 0 Å². The van der Waals surface area contributed by atoms with Crippen molar-refractivity contribution in [3.05, 3.63) is 23.8 Å². The van der Waals surface area contributed by atoms with Crippen LogP contribution in [0.2, 0.25) is 0 Å². The molecule has 2 aromatic rings. The van der Waals surface area contributed by atoms with Gasteiger partial charge < -0.3 is 23.8 Å². The molecular weight excluding hydrogens is 340 g/mol. The van der Waals surface area contributed by atoms with E-state index in [1.807, 2.05) is 23.1 Å². The first-order valence-electron chi connectivity index (χ1n) is 8.13. The molecule has 1 saturated heterocycles. The first-order chi connectivity index (χ1) is 12.8. The molecule has 10 nitrogen and oxygen atoms in total. The maximum Gasteiger partial charge on any atom is 0.322 e. The van der Waals surface area contributed by atoms with E-state index in [9.17, 15) is 0 Å². The minimum absolute atomic E-state index is 0.224. The van der Waals surface area contributed by atoms with E-state index in [-0.39, 0.29) is 12.8 Å². The fourth-order valence-electron chi connectivity index (χ4n) is 2.55. The van der Waals surface area contributed by atoms with Gasteiger partial charge in [-0.1, -0.05) is 0 Å². The summed E-state index contributed by atoms with van der Waals surface area (Å²) in [6.45, 7) is 2.95. The SMILES string of the molecule is COc1nc(NN=Cc2ccc3c(c2)OCO3)nc(N2CCOCC2)n1. The molecule has 0 spiro atoms. The monoisotopic (exact) mass is 358 g/mol. The molecule has 2 aliphatic rings. The van der Waals surface area contributed by atoms with Crippen LogP contribution in [0.25, 0.3) is 0 Å². The highest BCUT2D eigenvalue weighted by atomic mass is 16.7. The molecule has 0 atom stereocenters. The van der Waals surface area contributed by atoms with E-state index in [0.29, 0.717) is 43.9 Å². The lowest BCUT2D eigenvalue weighted by molar-refractivity contribution is 0.122. The molecule has 0 saturated carbocycles. The highest BCUT2D eigenvalue weighted by Gasteiger charge is 2.17. The first-order valence-corrected chi connectivity index (χ1v) is 8.13. The lowest BCUT2D eigenvalue weighted by Gasteiger charge is -2.26. The van der Waals surface area contributed by atoms with Crippen molar-refractivity contribution < 1.29 is 18.9 Å². The van der Waals surface area contributed by atoms with Gasteiger partial charge in [0.05, 0.1) is 26.5 Å². The molecule has 26 heavy (non-hydrogen) atoms. The van der Waals surface area contributed by atoms with Gasteiger partial charge in [-0.15, -0.1) is 0 Å². The summed E-state index contributed by atoms with van der Waals surface area (Å²) >= 11 is 0. The van der Waals surface area contributed by atoms with Gasteiger partial charge in [0.1, 0.15) is 0 Å². The Kier molecular flexibility index (Phi) is 4.65. The fourth-order valence-corrected chi connectivity index (χ4v) is 2.55. The van der Waals surface area contributed by atoms with E-state index in [1.54, 1.807) is 6.21 Å². The topological polar surface area (TPSA) is 103 Å². The smallest absolute Gasteiger partial charge is 0.322 e. The summed E-state index contributed by atoms with van der Waals surface area (Å²) in [6, 6.07) is 5.79. The van der Waals surface area contributed by atoms with Crippen molar-refractivity contribution in [1.82, 2.24) is 15.0 Å². The molecule has 0 bridgehead atoms. The number of nitrogens with zero attached hydrogens (tertiary/aromatic N) is 5. The average Bonchev–Trinajstić information content (AvgIpc) is 3.16. The maximum absolute atomic E-state index is 5.35. The molecule has 0 unspecified atom stereocenters. The van der Waals surface area contributed by atoms with E-state index in [2.05, 4.69) is 25.5 Å². The molecule has 4 rings (SSSR count). The zero-order chi connectivity index (χ0) is 17.8. The predicted octanol–water partition coefficient (Wildman–Crippen LogP) is 0.891. The Morgan fingerprint density at radius 2 is 2.00 bits per heavy atom. The van der Waals surface area contributed by atoms with Crippen molar-refractivity contribution in [2.75, 3.05) is 50.5 Å². The van der Waals surface area contributed by atoms with Crippen LogP contribution in [-0.4, -0.2) is 61.4 Å². The van der Waals surface area contributed by atoms with Crippen LogP contribution in [0.15, 0.2) is 23.3 Å². The van der Waals surface area contributed by atoms with Gasteiger partial charge in [0, 0.05) is 13.1 Å². The van der Waals surface area contributed by atoms with Crippen molar-refractivity contribution in [1.29, 1.82) is 0 Å². The highest BCUT2D eigenvalue weighted by molar-refractivity contribution is 5.81. The summed E-state index contributed by atoms with van der Waals surface area (Å²) in [5.41, 5.74) is 3.67. The van der Waals surface area contributed by atoms with Crippen LogP contribution >= 0.6 is 0 Å². The average molecular weight is 358 g/mol. The number of benzene rings is 1. The largest absolute Gasteiger partial charge is 0.467 e. The molecule has 0 amide bonds. The summed E-state index contributed by atoms with van der Waals surface area (Å²) in [5, 5.41) is 4.18. The van der Waals surface area contributed by atoms with Gasteiger partial charge in [-0.3, -0.25) is 0 Å². The Bertz CT molecular complexity index is 809.